The van der Waals surface area contributed by atoms with Crippen molar-refractivity contribution in [1.82, 2.24) is 10.2 Å². The van der Waals surface area contributed by atoms with Gasteiger partial charge in [-0.05, 0) is 31.8 Å². The highest BCUT2D eigenvalue weighted by molar-refractivity contribution is 6.02. The maximum atomic E-state index is 12.3. The standard InChI is InChI=1S/C13H26N4O2/c1-8(2)11(12(14)16-19)13(18)15-10-5-6-17(4)7-9(10)3/h8-11,19H,5-7H2,1-4H3,(H2,14,16)(H,15,18). The van der Waals surface area contributed by atoms with Crippen molar-refractivity contribution < 1.29 is 10.0 Å². The molecular formula is C13H26N4O2. The van der Waals surface area contributed by atoms with E-state index in [2.05, 4.69) is 29.3 Å². The van der Waals surface area contributed by atoms with Crippen LogP contribution in [0.15, 0.2) is 5.16 Å². The zero-order chi connectivity index (χ0) is 14.6. The van der Waals surface area contributed by atoms with Gasteiger partial charge in [-0.2, -0.15) is 0 Å². The van der Waals surface area contributed by atoms with Crippen molar-refractivity contribution in [3.8, 4) is 0 Å². The summed E-state index contributed by atoms with van der Waals surface area (Å²) in [5.74, 6) is -0.336. The van der Waals surface area contributed by atoms with E-state index >= 15 is 0 Å². The maximum absolute atomic E-state index is 12.3. The summed E-state index contributed by atoms with van der Waals surface area (Å²) < 4.78 is 0. The molecule has 1 rings (SSSR count). The molecular weight excluding hydrogens is 244 g/mol. The average molecular weight is 270 g/mol. The highest BCUT2D eigenvalue weighted by atomic mass is 16.4. The van der Waals surface area contributed by atoms with Gasteiger partial charge in [0.25, 0.3) is 0 Å². The zero-order valence-corrected chi connectivity index (χ0v) is 12.3. The molecule has 110 valence electrons. The van der Waals surface area contributed by atoms with Crippen molar-refractivity contribution in [2.75, 3.05) is 20.1 Å². The molecule has 0 aromatic heterocycles. The van der Waals surface area contributed by atoms with E-state index in [4.69, 9.17) is 10.9 Å². The lowest BCUT2D eigenvalue weighted by atomic mass is 9.90. The number of hydrogen-bond donors (Lipinski definition) is 3. The van der Waals surface area contributed by atoms with Gasteiger partial charge >= 0.3 is 0 Å². The fourth-order valence-electron chi connectivity index (χ4n) is 2.68. The monoisotopic (exact) mass is 270 g/mol. The highest BCUT2D eigenvalue weighted by Gasteiger charge is 2.31. The summed E-state index contributed by atoms with van der Waals surface area (Å²) in [6.45, 7) is 7.86. The predicted molar refractivity (Wildman–Crippen MR) is 74.9 cm³/mol. The molecule has 1 aliphatic heterocycles. The number of carbonyl (C=O) groups excluding carboxylic acids is 1. The first-order valence-electron chi connectivity index (χ1n) is 6.83. The third-order valence-corrected chi connectivity index (χ3v) is 3.82. The van der Waals surface area contributed by atoms with Crippen molar-refractivity contribution in [1.29, 1.82) is 0 Å². The Morgan fingerprint density at radius 3 is 2.63 bits per heavy atom. The third kappa shape index (κ3) is 4.09. The molecule has 0 saturated carbocycles. The largest absolute Gasteiger partial charge is 0.409 e. The number of carbonyl (C=O) groups is 1. The van der Waals surface area contributed by atoms with Crippen molar-refractivity contribution in [2.45, 2.75) is 33.2 Å². The maximum Gasteiger partial charge on any atom is 0.231 e. The molecule has 1 fully saturated rings. The number of piperidine rings is 1. The molecule has 0 aromatic rings. The molecule has 0 aromatic carbocycles. The first-order valence-corrected chi connectivity index (χ1v) is 6.83. The van der Waals surface area contributed by atoms with E-state index in [1.165, 1.54) is 0 Å². The molecule has 0 bridgehead atoms. The molecule has 6 heteroatoms. The van der Waals surface area contributed by atoms with Gasteiger partial charge in [-0.25, -0.2) is 0 Å². The number of amidine groups is 1. The quantitative estimate of drug-likeness (QED) is 0.299. The van der Waals surface area contributed by atoms with Crippen LogP contribution in [0.25, 0.3) is 0 Å². The minimum absolute atomic E-state index is 0.00234. The predicted octanol–water partition coefficient (Wildman–Crippen LogP) is 0.461. The van der Waals surface area contributed by atoms with E-state index in [1.54, 1.807) is 0 Å². The third-order valence-electron chi connectivity index (χ3n) is 3.82. The SMILES string of the molecule is CC(C)C(C(=O)NC1CCN(C)CC1C)C(N)=NO. The van der Waals surface area contributed by atoms with Crippen LogP contribution in [0.2, 0.25) is 0 Å². The molecule has 1 saturated heterocycles. The van der Waals surface area contributed by atoms with Crippen LogP contribution in [-0.2, 0) is 4.79 Å². The second-order valence-corrected chi connectivity index (χ2v) is 5.89. The van der Waals surface area contributed by atoms with Crippen molar-refractivity contribution in [2.24, 2.45) is 28.6 Å². The Morgan fingerprint density at radius 1 is 1.53 bits per heavy atom. The molecule has 0 aliphatic carbocycles. The topological polar surface area (TPSA) is 91.0 Å². The van der Waals surface area contributed by atoms with Gasteiger partial charge in [-0.3, -0.25) is 4.79 Å². The number of amides is 1. The molecule has 1 heterocycles. The Balaban J connectivity index is 2.67. The van der Waals surface area contributed by atoms with Gasteiger partial charge in [0.15, 0.2) is 5.84 Å². The second kappa shape index (κ2) is 6.75. The molecule has 4 N–H and O–H groups in total. The van der Waals surface area contributed by atoms with E-state index in [9.17, 15) is 4.79 Å². The van der Waals surface area contributed by atoms with Crippen LogP contribution in [-0.4, -0.2) is 48.0 Å². The number of hydrogen-bond acceptors (Lipinski definition) is 4. The molecule has 1 aliphatic rings. The zero-order valence-electron chi connectivity index (χ0n) is 12.3. The highest BCUT2D eigenvalue weighted by Crippen LogP contribution is 2.18. The lowest BCUT2D eigenvalue weighted by molar-refractivity contribution is -0.125. The Labute approximate surface area is 115 Å². The lowest BCUT2D eigenvalue weighted by Crippen LogP contribution is -2.52. The normalized spacial score (nSPS) is 27.3. The van der Waals surface area contributed by atoms with Gasteiger partial charge in [-0.15, -0.1) is 0 Å². The molecule has 0 spiro atoms. The van der Waals surface area contributed by atoms with Crippen LogP contribution in [0.5, 0.6) is 0 Å². The molecule has 3 atom stereocenters. The molecule has 19 heavy (non-hydrogen) atoms. The number of oxime groups is 1. The minimum Gasteiger partial charge on any atom is -0.409 e. The first kappa shape index (κ1) is 15.8. The number of likely N-dealkylation sites (tertiary alicyclic amines) is 1. The summed E-state index contributed by atoms with van der Waals surface area (Å²) in [6, 6.07) is 0.163. The van der Waals surface area contributed by atoms with Gasteiger partial charge in [-0.1, -0.05) is 25.9 Å². The fourth-order valence-corrected chi connectivity index (χ4v) is 2.68. The first-order chi connectivity index (χ1) is 8.86. The van der Waals surface area contributed by atoms with E-state index in [0.717, 1.165) is 19.5 Å². The van der Waals surface area contributed by atoms with Crippen molar-refractivity contribution >= 4 is 11.7 Å². The summed E-state index contributed by atoms with van der Waals surface area (Å²) in [6.07, 6.45) is 0.935. The van der Waals surface area contributed by atoms with Crippen LogP contribution in [0, 0.1) is 17.8 Å². The smallest absolute Gasteiger partial charge is 0.231 e. The summed E-state index contributed by atoms with van der Waals surface area (Å²) in [5, 5.41) is 14.8. The fraction of sp³-hybridized carbons (Fsp3) is 0.846. The van der Waals surface area contributed by atoms with Crippen LogP contribution in [0.1, 0.15) is 27.2 Å². The molecule has 0 radical (unpaired) electrons. The number of rotatable bonds is 4. The van der Waals surface area contributed by atoms with Gasteiger partial charge in [0.1, 0.15) is 5.92 Å². The van der Waals surface area contributed by atoms with Gasteiger partial charge < -0.3 is 21.2 Å². The lowest BCUT2D eigenvalue weighted by Gasteiger charge is -2.36. The van der Waals surface area contributed by atoms with Crippen LogP contribution < -0.4 is 11.1 Å². The van der Waals surface area contributed by atoms with E-state index in [1.807, 2.05) is 13.8 Å². The summed E-state index contributed by atoms with van der Waals surface area (Å²) in [4.78, 5) is 14.5. The molecule has 1 amide bonds. The second-order valence-electron chi connectivity index (χ2n) is 5.89. The van der Waals surface area contributed by atoms with Crippen LogP contribution in [0.4, 0.5) is 0 Å². The Hall–Kier alpha value is -1.30. The van der Waals surface area contributed by atoms with Crippen molar-refractivity contribution in [3.05, 3.63) is 0 Å². The van der Waals surface area contributed by atoms with E-state index in [0.29, 0.717) is 5.92 Å². The summed E-state index contributed by atoms with van der Waals surface area (Å²) >= 11 is 0. The van der Waals surface area contributed by atoms with Crippen LogP contribution >= 0.6 is 0 Å². The van der Waals surface area contributed by atoms with Gasteiger partial charge in [0.2, 0.25) is 5.91 Å². The summed E-state index contributed by atoms with van der Waals surface area (Å²) in [7, 11) is 2.09. The van der Waals surface area contributed by atoms with E-state index < -0.39 is 5.92 Å². The number of nitrogens with zero attached hydrogens (tertiary/aromatic N) is 2. The Morgan fingerprint density at radius 2 is 2.16 bits per heavy atom. The molecule has 3 unspecified atom stereocenters. The van der Waals surface area contributed by atoms with Gasteiger partial charge in [0, 0.05) is 12.6 Å². The van der Waals surface area contributed by atoms with E-state index in [-0.39, 0.29) is 23.7 Å². The average Bonchev–Trinajstić information content (AvgIpc) is 2.32. The Bertz CT molecular complexity index is 344. The number of nitrogens with two attached hydrogens (primary N) is 1. The van der Waals surface area contributed by atoms with Gasteiger partial charge in [0.05, 0.1) is 0 Å². The van der Waals surface area contributed by atoms with Crippen LogP contribution in [0.3, 0.4) is 0 Å². The number of nitrogens with one attached hydrogen (secondary N) is 1. The minimum atomic E-state index is -0.572. The molecule has 6 nitrogen and oxygen atoms in total. The summed E-state index contributed by atoms with van der Waals surface area (Å²) in [5.41, 5.74) is 5.61. The van der Waals surface area contributed by atoms with Crippen molar-refractivity contribution in [3.63, 3.8) is 0 Å². The Kier molecular flexibility index (Phi) is 5.60.